The normalized spacial score (nSPS) is 12.3. The second kappa shape index (κ2) is 8.48. The Morgan fingerprint density at radius 1 is 1.23 bits per heavy atom. The summed E-state index contributed by atoms with van der Waals surface area (Å²) in [5.74, 6) is -0.831. The number of carbonyl (C=O) groups excluding carboxylic acids is 2. The van der Waals surface area contributed by atoms with E-state index in [2.05, 4.69) is 5.32 Å². The Labute approximate surface area is 128 Å². The minimum absolute atomic E-state index is 0.0661. The molecular formula is C14H18NO6P. The molecule has 1 rings (SSSR count). The van der Waals surface area contributed by atoms with E-state index in [4.69, 9.17) is 13.8 Å². The van der Waals surface area contributed by atoms with Crippen molar-refractivity contribution in [2.75, 3.05) is 20.8 Å². The molecule has 0 saturated heterocycles. The number of carbonyl (C=O) groups is 2. The molecule has 0 atom stereocenters. The van der Waals surface area contributed by atoms with Crippen molar-refractivity contribution in [1.29, 1.82) is 0 Å². The van der Waals surface area contributed by atoms with E-state index in [1.54, 1.807) is 37.3 Å². The molecule has 0 saturated carbocycles. The van der Waals surface area contributed by atoms with Gasteiger partial charge < -0.3 is 19.1 Å². The largest absolute Gasteiger partial charge is 0.461 e. The van der Waals surface area contributed by atoms with Gasteiger partial charge in [0, 0.05) is 14.2 Å². The highest BCUT2D eigenvalue weighted by Crippen LogP contribution is 2.60. The molecule has 0 aromatic heterocycles. The quantitative estimate of drug-likeness (QED) is 0.340. The summed E-state index contributed by atoms with van der Waals surface area (Å²) in [5.41, 5.74) is 0.127. The van der Waals surface area contributed by atoms with Crippen LogP contribution in [-0.2, 0) is 27.9 Å². The highest BCUT2D eigenvalue weighted by molar-refractivity contribution is 7.65. The van der Waals surface area contributed by atoms with Crippen LogP contribution < -0.4 is 5.32 Å². The fourth-order valence-corrected chi connectivity index (χ4v) is 3.19. The van der Waals surface area contributed by atoms with E-state index in [0.29, 0.717) is 12.0 Å². The van der Waals surface area contributed by atoms with E-state index in [9.17, 15) is 14.2 Å². The molecule has 0 aliphatic heterocycles. The molecule has 0 heterocycles. The maximum atomic E-state index is 12.8. The van der Waals surface area contributed by atoms with Crippen LogP contribution in [-0.4, -0.2) is 33.2 Å². The average molecular weight is 327 g/mol. The zero-order chi connectivity index (χ0) is 16.6. The molecule has 0 spiro atoms. The van der Waals surface area contributed by atoms with Crippen LogP contribution in [0.15, 0.2) is 36.0 Å². The molecule has 0 bridgehead atoms. The number of ether oxygens (including phenoxy) is 1. The number of esters is 1. The molecule has 0 radical (unpaired) electrons. The van der Waals surface area contributed by atoms with Crippen LogP contribution in [0.3, 0.4) is 0 Å². The number of amides is 1. The minimum Gasteiger partial charge on any atom is -0.461 e. The van der Waals surface area contributed by atoms with Crippen molar-refractivity contribution in [3.05, 3.63) is 41.6 Å². The highest BCUT2D eigenvalue weighted by atomic mass is 31.2. The Bertz CT molecular complexity index is 591. The van der Waals surface area contributed by atoms with E-state index in [1.807, 2.05) is 0 Å². The molecule has 1 N–H and O–H groups in total. The molecule has 1 amide bonds. The van der Waals surface area contributed by atoms with E-state index < -0.39 is 13.6 Å². The van der Waals surface area contributed by atoms with Gasteiger partial charge in [-0.2, -0.15) is 0 Å². The second-order valence-corrected chi connectivity index (χ2v) is 6.11. The van der Waals surface area contributed by atoms with Gasteiger partial charge in [-0.15, -0.1) is 0 Å². The number of benzene rings is 1. The Hall–Kier alpha value is -1.95. The zero-order valence-corrected chi connectivity index (χ0v) is 13.5. The lowest BCUT2D eigenvalue weighted by molar-refractivity contribution is -0.139. The third-order valence-corrected chi connectivity index (χ3v) is 4.71. The van der Waals surface area contributed by atoms with Crippen molar-refractivity contribution < 1.29 is 27.9 Å². The smallest absolute Gasteiger partial charge is 0.363 e. The number of rotatable bonds is 8. The Kier molecular flexibility index (Phi) is 6.98. The van der Waals surface area contributed by atoms with Crippen molar-refractivity contribution in [2.24, 2.45) is 0 Å². The summed E-state index contributed by atoms with van der Waals surface area (Å²) in [5, 5.41) is 2.17. The van der Waals surface area contributed by atoms with Crippen molar-refractivity contribution in [2.45, 2.75) is 6.92 Å². The number of nitrogens with one attached hydrogen (secondary N) is 1. The van der Waals surface area contributed by atoms with E-state index in [-0.39, 0.29) is 17.6 Å². The summed E-state index contributed by atoms with van der Waals surface area (Å²) < 4.78 is 27.6. The number of hydrogen-bond donors (Lipinski definition) is 1. The van der Waals surface area contributed by atoms with E-state index in [0.717, 1.165) is 0 Å². The lowest BCUT2D eigenvalue weighted by Crippen LogP contribution is -2.23. The van der Waals surface area contributed by atoms with Gasteiger partial charge in [-0.05, 0) is 12.5 Å². The first-order valence-electron chi connectivity index (χ1n) is 6.43. The maximum Gasteiger partial charge on any atom is 0.363 e. The molecular weight excluding hydrogens is 309 g/mol. The lowest BCUT2D eigenvalue weighted by Gasteiger charge is -2.20. The van der Waals surface area contributed by atoms with Crippen molar-refractivity contribution in [1.82, 2.24) is 5.32 Å². The maximum absolute atomic E-state index is 12.8. The van der Waals surface area contributed by atoms with Crippen LogP contribution in [0.1, 0.15) is 12.5 Å². The van der Waals surface area contributed by atoms with Gasteiger partial charge in [0.1, 0.15) is 11.0 Å². The first-order chi connectivity index (χ1) is 10.5. The van der Waals surface area contributed by atoms with Crippen molar-refractivity contribution in [3.8, 4) is 0 Å². The minimum atomic E-state index is -3.82. The fourth-order valence-electron chi connectivity index (χ4n) is 1.78. The standard InChI is InChI=1S/C14H18NO6P/c1-4-21-14(17)12(15-10-16)13(22(18,19-2)20-3)11-8-6-5-7-9-11/h5-10H,4H2,1-3H3,(H,15,16)/b13-12-. The number of hydrogen-bond acceptors (Lipinski definition) is 6. The molecule has 1 aromatic carbocycles. The van der Waals surface area contributed by atoms with Gasteiger partial charge in [0.15, 0.2) is 0 Å². The predicted molar refractivity (Wildman–Crippen MR) is 80.8 cm³/mol. The third kappa shape index (κ3) is 4.04. The van der Waals surface area contributed by atoms with Crippen molar-refractivity contribution in [3.63, 3.8) is 0 Å². The topological polar surface area (TPSA) is 90.9 Å². The monoisotopic (exact) mass is 327 g/mol. The predicted octanol–water partition coefficient (Wildman–Crippen LogP) is 2.15. The van der Waals surface area contributed by atoms with Gasteiger partial charge in [-0.3, -0.25) is 9.36 Å². The summed E-state index contributed by atoms with van der Waals surface area (Å²) >= 11 is 0. The zero-order valence-electron chi connectivity index (χ0n) is 12.6. The molecule has 8 heteroatoms. The molecule has 120 valence electrons. The molecule has 0 aliphatic carbocycles. The van der Waals surface area contributed by atoms with Crippen molar-refractivity contribution >= 4 is 25.3 Å². The third-order valence-electron chi connectivity index (χ3n) is 2.72. The Morgan fingerprint density at radius 3 is 2.27 bits per heavy atom. The van der Waals surface area contributed by atoms with Gasteiger partial charge in [-0.1, -0.05) is 30.3 Å². The Morgan fingerprint density at radius 2 is 1.82 bits per heavy atom. The highest BCUT2D eigenvalue weighted by Gasteiger charge is 2.35. The van der Waals surface area contributed by atoms with Crippen LogP contribution >= 0.6 is 7.60 Å². The summed E-state index contributed by atoms with van der Waals surface area (Å²) in [6, 6.07) is 8.36. The summed E-state index contributed by atoms with van der Waals surface area (Å²) in [6.45, 7) is 1.71. The summed E-state index contributed by atoms with van der Waals surface area (Å²) in [6.07, 6.45) is 0.296. The Balaban J connectivity index is 3.64. The van der Waals surface area contributed by atoms with Crippen LogP contribution in [0.2, 0.25) is 0 Å². The molecule has 1 aromatic rings. The fraction of sp³-hybridized carbons (Fsp3) is 0.286. The molecule has 22 heavy (non-hydrogen) atoms. The van der Waals surface area contributed by atoms with Crippen LogP contribution in [0.25, 0.3) is 5.31 Å². The van der Waals surface area contributed by atoms with Crippen LogP contribution in [0.4, 0.5) is 0 Å². The molecule has 0 unspecified atom stereocenters. The SMILES string of the molecule is CCOC(=O)/C(NC=O)=C(\c1ccccc1)P(=O)(OC)OC. The van der Waals surface area contributed by atoms with Gasteiger partial charge in [-0.25, -0.2) is 4.79 Å². The molecule has 0 aliphatic rings. The van der Waals surface area contributed by atoms with E-state index in [1.165, 1.54) is 14.2 Å². The van der Waals surface area contributed by atoms with Crippen LogP contribution in [0.5, 0.6) is 0 Å². The van der Waals surface area contributed by atoms with Gasteiger partial charge in [0.25, 0.3) is 0 Å². The average Bonchev–Trinajstić information content (AvgIpc) is 2.55. The van der Waals surface area contributed by atoms with Crippen LogP contribution in [0, 0.1) is 0 Å². The van der Waals surface area contributed by atoms with Gasteiger partial charge in [0.05, 0.1) is 6.61 Å². The molecule has 0 fully saturated rings. The summed E-state index contributed by atoms with van der Waals surface area (Å²) in [4.78, 5) is 22.9. The van der Waals surface area contributed by atoms with E-state index >= 15 is 0 Å². The van der Waals surface area contributed by atoms with Gasteiger partial charge in [0.2, 0.25) is 6.41 Å². The van der Waals surface area contributed by atoms with Gasteiger partial charge >= 0.3 is 13.6 Å². The molecule has 7 nitrogen and oxygen atoms in total. The lowest BCUT2D eigenvalue weighted by atomic mass is 10.2. The summed E-state index contributed by atoms with van der Waals surface area (Å²) in [7, 11) is -1.44. The first-order valence-corrected chi connectivity index (χ1v) is 7.97. The first kappa shape index (κ1) is 18.1. The second-order valence-electron chi connectivity index (χ2n) is 3.93.